The predicted molar refractivity (Wildman–Crippen MR) is 77.2 cm³/mol. The van der Waals surface area contributed by atoms with Crippen LogP contribution >= 0.6 is 0 Å². The van der Waals surface area contributed by atoms with Crippen LogP contribution in [0.15, 0.2) is 48.2 Å². The summed E-state index contributed by atoms with van der Waals surface area (Å²) in [6.45, 7) is 7.83. The smallest absolute Gasteiger partial charge is 0.152 e. The number of anilines is 1. The highest BCUT2D eigenvalue weighted by Crippen LogP contribution is 2.20. The molecule has 0 spiro atoms. The van der Waals surface area contributed by atoms with Crippen LogP contribution in [-0.2, 0) is 0 Å². The van der Waals surface area contributed by atoms with Crippen LogP contribution in [-0.4, -0.2) is 27.9 Å². The second-order valence-electron chi connectivity index (χ2n) is 4.67. The minimum absolute atomic E-state index is 0.0483. The van der Waals surface area contributed by atoms with Crippen LogP contribution in [0.5, 0.6) is 0 Å². The van der Waals surface area contributed by atoms with E-state index in [1.54, 1.807) is 24.4 Å². The number of aliphatic hydroxyl groups excluding tert-OH is 1. The molecule has 104 valence electrons. The Morgan fingerprint density at radius 2 is 2.21 bits per heavy atom. The summed E-state index contributed by atoms with van der Waals surface area (Å²) in [6, 6.07) is 5.21. The number of allylic oxidation sites excluding steroid dienone is 1. The fraction of sp³-hybridized carbons (Fsp3) is 0.400. The molecule has 1 atom stereocenters. The SMILES string of the molecule is C=C(C)C(CC/C(C)=C/CO)N(O)c1ccccn1. The van der Waals surface area contributed by atoms with Crippen molar-refractivity contribution in [3.8, 4) is 0 Å². The first-order valence-electron chi connectivity index (χ1n) is 6.37. The van der Waals surface area contributed by atoms with Crippen molar-refractivity contribution < 1.29 is 10.3 Å². The Hall–Kier alpha value is -1.65. The normalized spacial score (nSPS) is 13.2. The Balaban J connectivity index is 2.73. The molecule has 19 heavy (non-hydrogen) atoms. The first kappa shape index (κ1) is 15.4. The van der Waals surface area contributed by atoms with Gasteiger partial charge < -0.3 is 5.11 Å². The zero-order chi connectivity index (χ0) is 14.3. The highest BCUT2D eigenvalue weighted by molar-refractivity contribution is 5.37. The number of nitrogens with zero attached hydrogens (tertiary/aromatic N) is 2. The Morgan fingerprint density at radius 1 is 1.47 bits per heavy atom. The third kappa shape index (κ3) is 4.85. The lowest BCUT2D eigenvalue weighted by Gasteiger charge is -2.27. The van der Waals surface area contributed by atoms with E-state index in [0.717, 1.165) is 29.1 Å². The molecule has 0 amide bonds. The molecule has 4 heteroatoms. The van der Waals surface area contributed by atoms with Crippen molar-refractivity contribution >= 4 is 5.82 Å². The van der Waals surface area contributed by atoms with Crippen LogP contribution in [0, 0.1) is 0 Å². The van der Waals surface area contributed by atoms with Crippen molar-refractivity contribution in [1.82, 2.24) is 4.98 Å². The Labute approximate surface area is 114 Å². The number of aromatic nitrogens is 1. The number of pyridine rings is 1. The van der Waals surface area contributed by atoms with Gasteiger partial charge in [-0.2, -0.15) is 0 Å². The minimum Gasteiger partial charge on any atom is -0.392 e. The zero-order valence-electron chi connectivity index (χ0n) is 11.6. The maximum Gasteiger partial charge on any atom is 0.152 e. The summed E-state index contributed by atoms with van der Waals surface area (Å²) in [5.41, 5.74) is 1.98. The van der Waals surface area contributed by atoms with Gasteiger partial charge in [0.1, 0.15) is 0 Å². The highest BCUT2D eigenvalue weighted by Gasteiger charge is 2.18. The second-order valence-corrected chi connectivity index (χ2v) is 4.67. The summed E-state index contributed by atoms with van der Waals surface area (Å²) in [7, 11) is 0. The third-order valence-electron chi connectivity index (χ3n) is 3.00. The lowest BCUT2D eigenvalue weighted by Crippen LogP contribution is -2.33. The molecule has 0 bridgehead atoms. The molecule has 0 aliphatic rings. The number of hydrogen-bond donors (Lipinski definition) is 2. The Bertz CT molecular complexity index is 429. The first-order valence-corrected chi connectivity index (χ1v) is 6.37. The third-order valence-corrected chi connectivity index (χ3v) is 3.00. The quantitative estimate of drug-likeness (QED) is 0.586. The number of rotatable bonds is 7. The molecule has 1 aromatic rings. The van der Waals surface area contributed by atoms with Gasteiger partial charge in [-0.3, -0.25) is 5.21 Å². The molecule has 0 aliphatic heterocycles. The maximum absolute atomic E-state index is 10.2. The summed E-state index contributed by atoms with van der Waals surface area (Å²) in [5.74, 6) is 0.513. The van der Waals surface area contributed by atoms with Crippen molar-refractivity contribution in [2.45, 2.75) is 32.7 Å². The molecule has 1 rings (SSSR count). The van der Waals surface area contributed by atoms with Crippen LogP contribution in [0.3, 0.4) is 0 Å². The standard InChI is InChI=1S/C15H22N2O2/c1-12(2)14(8-7-13(3)9-11-18)17(19)15-6-4-5-10-16-15/h4-6,9-10,14,18-19H,1,7-8,11H2,2-3H3/b13-9+. The number of hydroxylamine groups is 1. The Kier molecular flexibility index (Phi) is 6.25. The molecule has 2 N–H and O–H groups in total. The van der Waals surface area contributed by atoms with E-state index >= 15 is 0 Å². The molecule has 0 radical (unpaired) electrons. The average molecular weight is 262 g/mol. The van der Waals surface area contributed by atoms with E-state index in [2.05, 4.69) is 11.6 Å². The van der Waals surface area contributed by atoms with Crippen molar-refractivity contribution in [1.29, 1.82) is 0 Å². The van der Waals surface area contributed by atoms with Gasteiger partial charge in [0.15, 0.2) is 5.82 Å². The van der Waals surface area contributed by atoms with Crippen LogP contribution in [0.1, 0.15) is 26.7 Å². The summed E-state index contributed by atoms with van der Waals surface area (Å²) < 4.78 is 0. The lowest BCUT2D eigenvalue weighted by molar-refractivity contribution is 0.220. The van der Waals surface area contributed by atoms with Gasteiger partial charge in [0, 0.05) is 6.20 Å². The van der Waals surface area contributed by atoms with Crippen LogP contribution in [0.2, 0.25) is 0 Å². The largest absolute Gasteiger partial charge is 0.392 e. The summed E-state index contributed by atoms with van der Waals surface area (Å²) in [4.78, 5) is 4.13. The number of aliphatic hydroxyl groups is 1. The van der Waals surface area contributed by atoms with E-state index in [9.17, 15) is 5.21 Å². The molecule has 0 aliphatic carbocycles. The predicted octanol–water partition coefficient (Wildman–Crippen LogP) is 2.94. The van der Waals surface area contributed by atoms with E-state index in [0.29, 0.717) is 5.82 Å². The minimum atomic E-state index is -0.183. The van der Waals surface area contributed by atoms with Gasteiger partial charge in [-0.05, 0) is 38.8 Å². The molecule has 1 aromatic heterocycles. The Morgan fingerprint density at radius 3 is 2.74 bits per heavy atom. The molecule has 0 saturated carbocycles. The van der Waals surface area contributed by atoms with E-state index in [4.69, 9.17) is 5.11 Å². The molecule has 1 unspecified atom stereocenters. The van der Waals surface area contributed by atoms with Gasteiger partial charge in [-0.25, -0.2) is 10.0 Å². The first-order chi connectivity index (χ1) is 9.06. The van der Waals surface area contributed by atoms with Crippen molar-refractivity contribution in [2.24, 2.45) is 0 Å². The second kappa shape index (κ2) is 7.71. The van der Waals surface area contributed by atoms with Gasteiger partial charge in [-0.15, -0.1) is 0 Å². The van der Waals surface area contributed by atoms with Crippen molar-refractivity contribution in [2.75, 3.05) is 11.7 Å². The van der Waals surface area contributed by atoms with E-state index in [1.807, 2.05) is 19.9 Å². The van der Waals surface area contributed by atoms with E-state index < -0.39 is 0 Å². The van der Waals surface area contributed by atoms with Crippen molar-refractivity contribution in [3.05, 3.63) is 48.2 Å². The summed E-state index contributed by atoms with van der Waals surface area (Å²) in [6.07, 6.45) is 4.94. The van der Waals surface area contributed by atoms with Gasteiger partial charge in [0.05, 0.1) is 12.6 Å². The average Bonchev–Trinajstić information content (AvgIpc) is 2.39. The molecule has 0 saturated heterocycles. The molecule has 1 heterocycles. The van der Waals surface area contributed by atoms with Gasteiger partial charge in [-0.1, -0.05) is 29.9 Å². The van der Waals surface area contributed by atoms with Gasteiger partial charge in [0.25, 0.3) is 0 Å². The van der Waals surface area contributed by atoms with Gasteiger partial charge >= 0.3 is 0 Å². The van der Waals surface area contributed by atoms with Crippen LogP contribution < -0.4 is 5.06 Å². The molecular formula is C15H22N2O2. The van der Waals surface area contributed by atoms with E-state index in [1.165, 1.54) is 0 Å². The summed E-state index contributed by atoms with van der Waals surface area (Å²) in [5, 5.41) is 20.2. The van der Waals surface area contributed by atoms with Crippen LogP contribution in [0.25, 0.3) is 0 Å². The molecule has 0 fully saturated rings. The molecular weight excluding hydrogens is 240 g/mol. The number of hydrogen-bond acceptors (Lipinski definition) is 4. The maximum atomic E-state index is 10.2. The topological polar surface area (TPSA) is 56.6 Å². The van der Waals surface area contributed by atoms with Crippen LogP contribution in [0.4, 0.5) is 5.82 Å². The summed E-state index contributed by atoms with van der Waals surface area (Å²) >= 11 is 0. The fourth-order valence-corrected chi connectivity index (χ4v) is 1.85. The fourth-order valence-electron chi connectivity index (χ4n) is 1.85. The molecule has 4 nitrogen and oxygen atoms in total. The monoisotopic (exact) mass is 262 g/mol. The van der Waals surface area contributed by atoms with Crippen molar-refractivity contribution in [3.63, 3.8) is 0 Å². The van der Waals surface area contributed by atoms with E-state index in [-0.39, 0.29) is 12.6 Å². The lowest BCUT2D eigenvalue weighted by atomic mass is 10.0. The zero-order valence-corrected chi connectivity index (χ0v) is 11.6. The highest BCUT2D eigenvalue weighted by atomic mass is 16.5. The van der Waals surface area contributed by atoms with Gasteiger partial charge in [0.2, 0.25) is 0 Å². The molecule has 0 aromatic carbocycles.